The summed E-state index contributed by atoms with van der Waals surface area (Å²) in [6, 6.07) is 4.07. The molecule has 0 radical (unpaired) electrons. The van der Waals surface area contributed by atoms with E-state index in [0.29, 0.717) is 12.1 Å². The maximum atomic E-state index is 11.7. The number of rotatable bonds is 7. The molecule has 1 aromatic rings. The van der Waals surface area contributed by atoms with Crippen molar-refractivity contribution in [2.24, 2.45) is 5.92 Å². The zero-order valence-electron chi connectivity index (χ0n) is 11.6. The van der Waals surface area contributed by atoms with Crippen molar-refractivity contribution in [1.29, 1.82) is 0 Å². The number of carbonyl (C=O) groups excluding carboxylic acids is 1. The number of hydrogen-bond acceptors (Lipinski definition) is 3. The normalized spacial score (nSPS) is 10.7. The first-order valence-corrected chi connectivity index (χ1v) is 6.81. The van der Waals surface area contributed by atoms with Crippen molar-refractivity contribution in [3.8, 4) is 11.5 Å². The fourth-order valence-corrected chi connectivity index (χ4v) is 1.82. The molecule has 3 N–H and O–H groups in total. The van der Waals surface area contributed by atoms with Gasteiger partial charge in [-0.15, -0.1) is 0 Å². The van der Waals surface area contributed by atoms with Crippen LogP contribution in [0.15, 0.2) is 18.2 Å². The van der Waals surface area contributed by atoms with Gasteiger partial charge in [-0.25, -0.2) is 0 Å². The zero-order valence-corrected chi connectivity index (χ0v) is 11.6. The van der Waals surface area contributed by atoms with Crippen LogP contribution in [-0.2, 0) is 0 Å². The van der Waals surface area contributed by atoms with Gasteiger partial charge in [-0.3, -0.25) is 4.79 Å². The van der Waals surface area contributed by atoms with E-state index < -0.39 is 0 Å². The molecule has 0 heterocycles. The second kappa shape index (κ2) is 7.67. The van der Waals surface area contributed by atoms with Crippen LogP contribution < -0.4 is 5.32 Å². The van der Waals surface area contributed by atoms with E-state index in [4.69, 9.17) is 5.11 Å². The van der Waals surface area contributed by atoms with Crippen LogP contribution in [0.25, 0.3) is 0 Å². The Bertz CT molecular complexity index is 416. The second-order valence-electron chi connectivity index (χ2n) is 5.20. The molecule has 0 aliphatic carbocycles. The maximum absolute atomic E-state index is 11.7. The highest BCUT2D eigenvalue weighted by molar-refractivity contribution is 5.94. The third-order valence-electron chi connectivity index (χ3n) is 2.98. The Kier molecular flexibility index (Phi) is 6.19. The van der Waals surface area contributed by atoms with E-state index in [2.05, 4.69) is 19.2 Å². The van der Waals surface area contributed by atoms with Crippen LogP contribution in [0.2, 0.25) is 0 Å². The van der Waals surface area contributed by atoms with Gasteiger partial charge in [0.1, 0.15) is 0 Å². The maximum Gasteiger partial charge on any atom is 0.251 e. The molecule has 0 aromatic heterocycles. The van der Waals surface area contributed by atoms with Crippen molar-refractivity contribution in [3.05, 3.63) is 23.8 Å². The SMILES string of the molecule is CC(C)CCCCCNC(=O)c1ccc(O)c(O)c1. The Morgan fingerprint density at radius 1 is 1.16 bits per heavy atom. The molecule has 19 heavy (non-hydrogen) atoms. The lowest BCUT2D eigenvalue weighted by molar-refractivity contribution is 0.0952. The third kappa shape index (κ3) is 5.64. The summed E-state index contributed by atoms with van der Waals surface area (Å²) in [5.41, 5.74) is 0.359. The Labute approximate surface area is 114 Å². The fraction of sp³-hybridized carbons (Fsp3) is 0.533. The predicted octanol–water partition coefficient (Wildman–Crippen LogP) is 3.04. The molecule has 4 heteroatoms. The molecule has 0 bridgehead atoms. The van der Waals surface area contributed by atoms with Gasteiger partial charge in [-0.2, -0.15) is 0 Å². The number of hydrogen-bond donors (Lipinski definition) is 3. The average molecular weight is 265 g/mol. The van der Waals surface area contributed by atoms with Gasteiger partial charge in [0.05, 0.1) is 0 Å². The number of aromatic hydroxyl groups is 2. The number of carbonyl (C=O) groups is 1. The number of benzene rings is 1. The summed E-state index contributed by atoms with van der Waals surface area (Å²) >= 11 is 0. The standard InChI is InChI=1S/C15H23NO3/c1-11(2)6-4-3-5-9-16-15(19)12-7-8-13(17)14(18)10-12/h7-8,10-11,17-18H,3-6,9H2,1-2H3,(H,16,19). The van der Waals surface area contributed by atoms with E-state index in [1.165, 1.54) is 31.0 Å². The van der Waals surface area contributed by atoms with Crippen LogP contribution in [0.5, 0.6) is 11.5 Å². The van der Waals surface area contributed by atoms with Gasteiger partial charge >= 0.3 is 0 Å². The van der Waals surface area contributed by atoms with Crippen molar-refractivity contribution in [2.75, 3.05) is 6.54 Å². The lowest BCUT2D eigenvalue weighted by atomic mass is 10.1. The molecule has 106 valence electrons. The highest BCUT2D eigenvalue weighted by atomic mass is 16.3. The van der Waals surface area contributed by atoms with Gasteiger partial charge in [0.15, 0.2) is 11.5 Å². The topological polar surface area (TPSA) is 69.6 Å². The summed E-state index contributed by atoms with van der Waals surface area (Å²) in [7, 11) is 0. The molecule has 1 aromatic carbocycles. The first-order chi connectivity index (χ1) is 9.00. The van der Waals surface area contributed by atoms with Crippen LogP contribution in [-0.4, -0.2) is 22.7 Å². The van der Waals surface area contributed by atoms with Crippen LogP contribution in [0.4, 0.5) is 0 Å². The minimum atomic E-state index is -0.274. The molecule has 1 amide bonds. The lowest BCUT2D eigenvalue weighted by Gasteiger charge is -2.07. The van der Waals surface area contributed by atoms with Crippen LogP contribution >= 0.6 is 0 Å². The molecule has 0 aliphatic heterocycles. The third-order valence-corrected chi connectivity index (χ3v) is 2.98. The molecule has 0 atom stereocenters. The van der Waals surface area contributed by atoms with Crippen molar-refractivity contribution in [2.45, 2.75) is 39.5 Å². The fourth-order valence-electron chi connectivity index (χ4n) is 1.82. The number of phenols is 2. The Hall–Kier alpha value is -1.71. The highest BCUT2D eigenvalue weighted by Crippen LogP contribution is 2.24. The Morgan fingerprint density at radius 3 is 2.53 bits per heavy atom. The summed E-state index contributed by atoms with van der Waals surface area (Å²) in [5.74, 6) is 0.0172. The van der Waals surface area contributed by atoms with E-state index >= 15 is 0 Å². The van der Waals surface area contributed by atoms with Crippen LogP contribution in [0.1, 0.15) is 49.9 Å². The van der Waals surface area contributed by atoms with E-state index in [0.717, 1.165) is 18.8 Å². The molecule has 0 saturated heterocycles. The van der Waals surface area contributed by atoms with Gasteiger partial charge in [-0.1, -0.05) is 33.1 Å². The summed E-state index contributed by atoms with van der Waals surface area (Å²) in [4.78, 5) is 11.7. The van der Waals surface area contributed by atoms with Crippen molar-refractivity contribution in [3.63, 3.8) is 0 Å². The molecular weight excluding hydrogens is 242 g/mol. The average Bonchev–Trinajstić information content (AvgIpc) is 2.36. The molecular formula is C15H23NO3. The monoisotopic (exact) mass is 265 g/mol. The largest absolute Gasteiger partial charge is 0.504 e. The molecule has 0 fully saturated rings. The van der Waals surface area contributed by atoms with E-state index in [1.807, 2.05) is 0 Å². The smallest absolute Gasteiger partial charge is 0.251 e. The lowest BCUT2D eigenvalue weighted by Crippen LogP contribution is -2.24. The van der Waals surface area contributed by atoms with Gasteiger partial charge in [0.2, 0.25) is 0 Å². The van der Waals surface area contributed by atoms with Crippen LogP contribution in [0.3, 0.4) is 0 Å². The van der Waals surface area contributed by atoms with Crippen molar-refractivity contribution in [1.82, 2.24) is 5.32 Å². The number of phenolic OH excluding ortho intramolecular Hbond substituents is 2. The van der Waals surface area contributed by atoms with E-state index in [1.54, 1.807) is 0 Å². The van der Waals surface area contributed by atoms with E-state index in [9.17, 15) is 9.90 Å². The van der Waals surface area contributed by atoms with Gasteiger partial charge in [-0.05, 0) is 30.5 Å². The summed E-state index contributed by atoms with van der Waals surface area (Å²) in [6.45, 7) is 5.05. The molecule has 0 saturated carbocycles. The van der Waals surface area contributed by atoms with Gasteiger partial charge < -0.3 is 15.5 Å². The quantitative estimate of drug-likeness (QED) is 0.524. The minimum absolute atomic E-state index is 0.217. The van der Waals surface area contributed by atoms with E-state index in [-0.39, 0.29) is 17.4 Å². The highest BCUT2D eigenvalue weighted by Gasteiger charge is 2.07. The van der Waals surface area contributed by atoms with Gasteiger partial charge in [0, 0.05) is 12.1 Å². The van der Waals surface area contributed by atoms with Crippen molar-refractivity contribution >= 4 is 5.91 Å². The second-order valence-corrected chi connectivity index (χ2v) is 5.20. The minimum Gasteiger partial charge on any atom is -0.504 e. The number of nitrogens with one attached hydrogen (secondary N) is 1. The molecule has 4 nitrogen and oxygen atoms in total. The molecule has 0 spiro atoms. The number of amides is 1. The van der Waals surface area contributed by atoms with Crippen LogP contribution in [0, 0.1) is 5.92 Å². The first-order valence-electron chi connectivity index (χ1n) is 6.81. The molecule has 1 rings (SSSR count). The Morgan fingerprint density at radius 2 is 1.89 bits per heavy atom. The first kappa shape index (κ1) is 15.3. The summed E-state index contributed by atoms with van der Waals surface area (Å²) in [5, 5.41) is 21.3. The summed E-state index contributed by atoms with van der Waals surface area (Å²) < 4.78 is 0. The molecule has 0 unspecified atom stereocenters. The predicted molar refractivity (Wildman–Crippen MR) is 75.4 cm³/mol. The molecule has 0 aliphatic rings. The number of unbranched alkanes of at least 4 members (excludes halogenated alkanes) is 2. The zero-order chi connectivity index (χ0) is 14.3. The summed E-state index contributed by atoms with van der Waals surface area (Å²) in [6.07, 6.45) is 4.48. The van der Waals surface area contributed by atoms with Crippen molar-refractivity contribution < 1.29 is 15.0 Å². The van der Waals surface area contributed by atoms with Gasteiger partial charge in [0.25, 0.3) is 5.91 Å². The Balaban J connectivity index is 2.26.